The first-order valence-corrected chi connectivity index (χ1v) is 6.71. The number of anilines is 1. The van der Waals surface area contributed by atoms with Crippen LogP contribution in [0.1, 0.15) is 26.7 Å². The van der Waals surface area contributed by atoms with Crippen LogP contribution in [-0.4, -0.2) is 18.2 Å². The molecule has 5 heteroatoms. The Labute approximate surface area is 116 Å². The number of nitrogens with zero attached hydrogens (tertiary/aromatic N) is 1. The van der Waals surface area contributed by atoms with Crippen LogP contribution in [0.5, 0.6) is 0 Å². The maximum Gasteiger partial charge on any atom is 0.237 e. The second kappa shape index (κ2) is 5.69. The zero-order chi connectivity index (χ0) is 14.9. The number of hydrogen-bond acceptors (Lipinski definition) is 2. The molecule has 3 nitrogen and oxygen atoms in total. The Morgan fingerprint density at radius 2 is 1.85 bits per heavy atom. The lowest BCUT2D eigenvalue weighted by Crippen LogP contribution is -2.45. The van der Waals surface area contributed by atoms with Gasteiger partial charge in [0, 0.05) is 24.2 Å². The summed E-state index contributed by atoms with van der Waals surface area (Å²) in [6, 6.07) is 2.99. The molecule has 1 aliphatic heterocycles. The van der Waals surface area contributed by atoms with Crippen LogP contribution in [0.25, 0.3) is 0 Å². The summed E-state index contributed by atoms with van der Waals surface area (Å²) in [5, 5.41) is 0. The maximum absolute atomic E-state index is 13.2. The average Bonchev–Trinajstić information content (AvgIpc) is 2.36. The molecular weight excluding hydrogens is 264 g/mol. The first kappa shape index (κ1) is 14.6. The number of piperidine rings is 1. The number of ketones is 1. The van der Waals surface area contributed by atoms with Gasteiger partial charge < -0.3 is 4.90 Å². The largest absolute Gasteiger partial charge is 0.312 e. The zero-order valence-electron chi connectivity index (χ0n) is 11.5. The van der Waals surface area contributed by atoms with E-state index in [1.807, 2.05) is 0 Å². The van der Waals surface area contributed by atoms with Crippen molar-refractivity contribution >= 4 is 17.4 Å². The molecule has 0 aromatic heterocycles. The quantitative estimate of drug-likeness (QED) is 0.799. The minimum atomic E-state index is -0.731. The van der Waals surface area contributed by atoms with Gasteiger partial charge in [-0.25, -0.2) is 8.78 Å². The van der Waals surface area contributed by atoms with E-state index in [4.69, 9.17) is 0 Å². The highest BCUT2D eigenvalue weighted by molar-refractivity contribution is 6.09. The Balaban J connectivity index is 2.28. The summed E-state index contributed by atoms with van der Waals surface area (Å²) >= 11 is 0. The molecule has 0 N–H and O–H groups in total. The normalized spacial score (nSPS) is 19.6. The minimum absolute atomic E-state index is 0.114. The molecule has 0 aliphatic carbocycles. The Morgan fingerprint density at radius 3 is 2.40 bits per heavy atom. The second-order valence-corrected chi connectivity index (χ2v) is 5.37. The molecule has 1 fully saturated rings. The van der Waals surface area contributed by atoms with E-state index in [0.717, 1.165) is 18.2 Å². The van der Waals surface area contributed by atoms with Gasteiger partial charge in [0.15, 0.2) is 0 Å². The summed E-state index contributed by atoms with van der Waals surface area (Å²) in [6.07, 6.45) is 1.15. The Kier molecular flexibility index (Phi) is 4.16. The van der Waals surface area contributed by atoms with Gasteiger partial charge in [-0.2, -0.15) is 0 Å². The molecule has 0 radical (unpaired) electrons. The molecule has 0 bridgehead atoms. The van der Waals surface area contributed by atoms with Crippen molar-refractivity contribution in [1.82, 2.24) is 0 Å². The lowest BCUT2D eigenvalue weighted by Gasteiger charge is -2.32. The van der Waals surface area contributed by atoms with E-state index in [-0.39, 0.29) is 23.3 Å². The maximum atomic E-state index is 13.2. The summed E-state index contributed by atoms with van der Waals surface area (Å²) in [5.41, 5.74) is 0.175. The molecule has 2 rings (SSSR count). The van der Waals surface area contributed by atoms with Crippen molar-refractivity contribution in [2.45, 2.75) is 26.7 Å². The molecular formula is C15H17F2NO2. The van der Waals surface area contributed by atoms with Crippen LogP contribution in [0.2, 0.25) is 0 Å². The van der Waals surface area contributed by atoms with Gasteiger partial charge >= 0.3 is 0 Å². The molecule has 1 heterocycles. The average molecular weight is 281 g/mol. The molecule has 0 saturated carbocycles. The van der Waals surface area contributed by atoms with Crippen LogP contribution >= 0.6 is 0 Å². The smallest absolute Gasteiger partial charge is 0.237 e. The fourth-order valence-corrected chi connectivity index (χ4v) is 2.49. The molecule has 1 aromatic rings. The van der Waals surface area contributed by atoms with Gasteiger partial charge in [-0.15, -0.1) is 0 Å². The number of amides is 1. The minimum Gasteiger partial charge on any atom is -0.312 e. The van der Waals surface area contributed by atoms with Gasteiger partial charge in [-0.1, -0.05) is 13.8 Å². The number of carbonyl (C=O) groups excluding carboxylic acids is 2. The Bertz CT molecular complexity index is 522. The van der Waals surface area contributed by atoms with Gasteiger partial charge in [0.05, 0.1) is 5.92 Å². The monoisotopic (exact) mass is 281 g/mol. The van der Waals surface area contributed by atoms with E-state index in [1.54, 1.807) is 13.8 Å². The SMILES string of the molecule is CC(C)C(=O)[C@H]1CCCN(c2cc(F)cc(F)c2)C1=O. The number of hydrogen-bond donors (Lipinski definition) is 0. The van der Waals surface area contributed by atoms with Gasteiger partial charge in [0.2, 0.25) is 5.91 Å². The van der Waals surface area contributed by atoms with E-state index in [1.165, 1.54) is 4.90 Å². The van der Waals surface area contributed by atoms with Crippen LogP contribution in [0.4, 0.5) is 14.5 Å². The molecule has 1 saturated heterocycles. The summed E-state index contributed by atoms with van der Waals surface area (Å²) in [6.45, 7) is 3.87. The lowest BCUT2D eigenvalue weighted by molar-refractivity contribution is -0.135. The van der Waals surface area contributed by atoms with Crippen LogP contribution in [-0.2, 0) is 9.59 Å². The van der Waals surface area contributed by atoms with Gasteiger partial charge in [-0.05, 0) is 25.0 Å². The molecule has 1 aromatic carbocycles. The van der Waals surface area contributed by atoms with Crippen molar-refractivity contribution in [2.24, 2.45) is 11.8 Å². The highest BCUT2D eigenvalue weighted by atomic mass is 19.1. The van der Waals surface area contributed by atoms with Crippen LogP contribution in [0.3, 0.4) is 0 Å². The molecule has 1 atom stereocenters. The fourth-order valence-electron chi connectivity index (χ4n) is 2.49. The van der Waals surface area contributed by atoms with Crippen molar-refractivity contribution in [1.29, 1.82) is 0 Å². The highest BCUT2D eigenvalue weighted by Gasteiger charge is 2.35. The van der Waals surface area contributed by atoms with Gasteiger partial charge in [-0.3, -0.25) is 9.59 Å². The van der Waals surface area contributed by atoms with E-state index >= 15 is 0 Å². The van der Waals surface area contributed by atoms with Gasteiger partial charge in [0.25, 0.3) is 0 Å². The van der Waals surface area contributed by atoms with E-state index in [0.29, 0.717) is 19.4 Å². The summed E-state index contributed by atoms with van der Waals surface area (Å²) in [5.74, 6) is -2.87. The molecule has 108 valence electrons. The third kappa shape index (κ3) is 2.86. The molecule has 0 spiro atoms. The number of rotatable bonds is 3. The van der Waals surface area contributed by atoms with Crippen molar-refractivity contribution in [2.75, 3.05) is 11.4 Å². The van der Waals surface area contributed by atoms with Crippen molar-refractivity contribution in [3.63, 3.8) is 0 Å². The third-order valence-electron chi connectivity index (χ3n) is 3.51. The standard InChI is InChI=1S/C15H17F2NO2/c1-9(2)14(19)13-4-3-5-18(15(13)20)12-7-10(16)6-11(17)8-12/h6-9,13H,3-5H2,1-2H3/t13-/m1/s1. The Morgan fingerprint density at radius 1 is 1.25 bits per heavy atom. The fraction of sp³-hybridized carbons (Fsp3) is 0.467. The number of carbonyl (C=O) groups is 2. The molecule has 0 unspecified atom stereocenters. The predicted molar refractivity (Wildman–Crippen MR) is 71.3 cm³/mol. The lowest BCUT2D eigenvalue weighted by atomic mass is 9.87. The van der Waals surface area contributed by atoms with Gasteiger partial charge in [0.1, 0.15) is 17.4 Å². The molecule has 1 aliphatic rings. The third-order valence-corrected chi connectivity index (χ3v) is 3.51. The number of Topliss-reactive ketones (excluding diaryl/α,β-unsaturated/α-hetero) is 1. The summed E-state index contributed by atoms with van der Waals surface area (Å²) < 4.78 is 26.5. The van der Waals surface area contributed by atoms with Crippen molar-refractivity contribution in [3.05, 3.63) is 29.8 Å². The van der Waals surface area contributed by atoms with E-state index in [9.17, 15) is 18.4 Å². The Hall–Kier alpha value is -1.78. The van der Waals surface area contributed by atoms with E-state index in [2.05, 4.69) is 0 Å². The second-order valence-electron chi connectivity index (χ2n) is 5.37. The van der Waals surface area contributed by atoms with Crippen LogP contribution < -0.4 is 4.90 Å². The summed E-state index contributed by atoms with van der Waals surface area (Å²) in [4.78, 5) is 25.7. The van der Waals surface area contributed by atoms with Crippen LogP contribution in [0.15, 0.2) is 18.2 Å². The first-order valence-electron chi connectivity index (χ1n) is 6.71. The summed E-state index contributed by atoms with van der Waals surface area (Å²) in [7, 11) is 0. The number of halogens is 2. The highest BCUT2D eigenvalue weighted by Crippen LogP contribution is 2.27. The molecule has 20 heavy (non-hydrogen) atoms. The topological polar surface area (TPSA) is 37.4 Å². The zero-order valence-corrected chi connectivity index (χ0v) is 11.5. The molecule has 1 amide bonds. The first-order chi connectivity index (χ1) is 9.40. The van der Waals surface area contributed by atoms with Crippen molar-refractivity contribution in [3.8, 4) is 0 Å². The van der Waals surface area contributed by atoms with E-state index < -0.39 is 17.6 Å². The van der Waals surface area contributed by atoms with Crippen molar-refractivity contribution < 1.29 is 18.4 Å². The predicted octanol–water partition coefficient (Wildman–Crippen LogP) is 2.93. The van der Waals surface area contributed by atoms with Crippen LogP contribution in [0, 0.1) is 23.5 Å². The number of benzene rings is 1.